The Morgan fingerprint density at radius 2 is 1.84 bits per heavy atom. The highest BCUT2D eigenvalue weighted by Gasteiger charge is 2.30. The average Bonchev–Trinajstić information content (AvgIpc) is 2.73. The molecule has 0 bridgehead atoms. The first kappa shape index (κ1) is 21.7. The molecule has 0 atom stereocenters. The Bertz CT molecular complexity index is 1220. The number of anilines is 1. The molecule has 0 spiro atoms. The van der Waals surface area contributed by atoms with Gasteiger partial charge in [-0.15, -0.1) is 0 Å². The lowest BCUT2D eigenvalue weighted by atomic mass is 10.2. The van der Waals surface area contributed by atoms with Crippen molar-refractivity contribution in [3.63, 3.8) is 0 Å². The summed E-state index contributed by atoms with van der Waals surface area (Å²) in [5.74, 6) is -0.160. The number of nitrogens with one attached hydrogen (secondary N) is 1. The molecule has 2 heterocycles. The SMILES string of the molecule is Cc1cnc2c(S(=O)(=O)N3CCN(CC(=O)Nc4cccc(Cl)c4)CC3)cccc2c1. The van der Waals surface area contributed by atoms with E-state index in [1.807, 2.05) is 24.0 Å². The monoisotopic (exact) mass is 458 g/mol. The number of hydrogen-bond donors (Lipinski definition) is 1. The number of pyridine rings is 1. The molecule has 9 heteroatoms. The highest BCUT2D eigenvalue weighted by molar-refractivity contribution is 7.89. The molecule has 1 amide bonds. The van der Waals surface area contributed by atoms with Gasteiger partial charge in [0.1, 0.15) is 4.90 Å². The van der Waals surface area contributed by atoms with E-state index in [1.54, 1.807) is 42.6 Å². The molecule has 4 rings (SSSR count). The second kappa shape index (κ2) is 8.92. The van der Waals surface area contributed by atoms with Crippen molar-refractivity contribution in [2.45, 2.75) is 11.8 Å². The quantitative estimate of drug-likeness (QED) is 0.635. The fourth-order valence-corrected chi connectivity index (χ4v) is 5.47. The van der Waals surface area contributed by atoms with E-state index in [0.717, 1.165) is 10.9 Å². The molecular formula is C22H23ClN4O3S. The van der Waals surface area contributed by atoms with Gasteiger partial charge in [0.15, 0.2) is 0 Å². The molecule has 2 aromatic carbocycles. The van der Waals surface area contributed by atoms with Crippen molar-refractivity contribution in [3.8, 4) is 0 Å². The predicted octanol–water partition coefficient (Wildman–Crippen LogP) is 3.14. The van der Waals surface area contributed by atoms with Crippen LogP contribution in [0.1, 0.15) is 5.56 Å². The summed E-state index contributed by atoms with van der Waals surface area (Å²) < 4.78 is 28.0. The molecule has 0 saturated carbocycles. The summed E-state index contributed by atoms with van der Waals surface area (Å²) in [6, 6.07) is 14.1. The van der Waals surface area contributed by atoms with Crippen molar-refractivity contribution < 1.29 is 13.2 Å². The van der Waals surface area contributed by atoms with Crippen LogP contribution in [0.2, 0.25) is 5.02 Å². The van der Waals surface area contributed by atoms with Crippen LogP contribution in [0.25, 0.3) is 10.9 Å². The van der Waals surface area contributed by atoms with E-state index >= 15 is 0 Å². The Kier molecular flexibility index (Phi) is 6.24. The standard InChI is InChI=1S/C22H23ClN4O3S/c1-16-12-17-4-2-7-20(22(17)24-14-16)31(29,30)27-10-8-26(9-11-27)15-21(28)25-19-6-3-5-18(23)13-19/h2-7,12-14H,8-11,15H2,1H3,(H,25,28). The first-order valence-corrected chi connectivity index (χ1v) is 11.8. The Labute approximate surface area is 186 Å². The van der Waals surface area contributed by atoms with Crippen LogP contribution in [0.15, 0.2) is 59.6 Å². The number of piperazine rings is 1. The van der Waals surface area contributed by atoms with E-state index < -0.39 is 10.0 Å². The number of carbonyl (C=O) groups excluding carboxylic acids is 1. The topological polar surface area (TPSA) is 82.6 Å². The van der Waals surface area contributed by atoms with Crippen LogP contribution in [0.3, 0.4) is 0 Å². The van der Waals surface area contributed by atoms with Crippen molar-refractivity contribution in [1.29, 1.82) is 0 Å². The second-order valence-corrected chi connectivity index (χ2v) is 9.92. The van der Waals surface area contributed by atoms with Gasteiger partial charge in [-0.3, -0.25) is 14.7 Å². The van der Waals surface area contributed by atoms with Crippen LogP contribution >= 0.6 is 11.6 Å². The average molecular weight is 459 g/mol. The zero-order chi connectivity index (χ0) is 22.0. The van der Waals surface area contributed by atoms with E-state index in [0.29, 0.717) is 42.4 Å². The van der Waals surface area contributed by atoms with Crippen LogP contribution in [0, 0.1) is 6.92 Å². The summed E-state index contributed by atoms with van der Waals surface area (Å²) in [5, 5.41) is 4.17. The number of nitrogens with zero attached hydrogens (tertiary/aromatic N) is 3. The van der Waals surface area contributed by atoms with Crippen molar-refractivity contribution in [2.24, 2.45) is 0 Å². The van der Waals surface area contributed by atoms with Gasteiger partial charge < -0.3 is 5.32 Å². The molecule has 1 aromatic heterocycles. The summed E-state index contributed by atoms with van der Waals surface area (Å²) in [6.07, 6.45) is 1.68. The lowest BCUT2D eigenvalue weighted by molar-refractivity contribution is -0.117. The number of carbonyl (C=O) groups is 1. The number of aryl methyl sites for hydroxylation is 1. The number of rotatable bonds is 5. The molecule has 162 valence electrons. The summed E-state index contributed by atoms with van der Waals surface area (Å²) in [4.78, 5) is 18.9. The highest BCUT2D eigenvalue weighted by Crippen LogP contribution is 2.25. The third-order valence-electron chi connectivity index (χ3n) is 5.24. The molecule has 3 aromatic rings. The maximum Gasteiger partial charge on any atom is 0.245 e. The summed E-state index contributed by atoms with van der Waals surface area (Å²) in [5.41, 5.74) is 2.10. The normalized spacial score (nSPS) is 15.8. The van der Waals surface area contributed by atoms with E-state index in [2.05, 4.69) is 10.3 Å². The van der Waals surface area contributed by atoms with E-state index in [-0.39, 0.29) is 17.3 Å². The number of fused-ring (bicyclic) bond motifs is 1. The Morgan fingerprint density at radius 3 is 2.58 bits per heavy atom. The second-order valence-electron chi connectivity index (χ2n) is 7.58. The molecule has 1 N–H and O–H groups in total. The largest absolute Gasteiger partial charge is 0.325 e. The molecule has 7 nitrogen and oxygen atoms in total. The Balaban J connectivity index is 1.41. The molecular weight excluding hydrogens is 436 g/mol. The van der Waals surface area contributed by atoms with E-state index in [1.165, 1.54) is 4.31 Å². The predicted molar refractivity (Wildman–Crippen MR) is 122 cm³/mol. The lowest BCUT2D eigenvalue weighted by Crippen LogP contribution is -2.50. The lowest BCUT2D eigenvalue weighted by Gasteiger charge is -2.33. The number of aromatic nitrogens is 1. The van der Waals surface area contributed by atoms with Crippen LogP contribution in [0.5, 0.6) is 0 Å². The van der Waals surface area contributed by atoms with Crippen LogP contribution in [-0.4, -0.2) is 61.2 Å². The summed E-state index contributed by atoms with van der Waals surface area (Å²) in [7, 11) is -3.68. The molecule has 1 saturated heterocycles. The maximum absolute atomic E-state index is 13.3. The number of amides is 1. The highest BCUT2D eigenvalue weighted by atomic mass is 35.5. The van der Waals surface area contributed by atoms with Gasteiger partial charge in [-0.2, -0.15) is 4.31 Å². The minimum Gasteiger partial charge on any atom is -0.325 e. The molecule has 1 aliphatic rings. The molecule has 1 fully saturated rings. The first-order chi connectivity index (χ1) is 14.8. The third kappa shape index (κ3) is 4.88. The van der Waals surface area contributed by atoms with E-state index in [9.17, 15) is 13.2 Å². The van der Waals surface area contributed by atoms with E-state index in [4.69, 9.17) is 11.6 Å². The number of sulfonamides is 1. The van der Waals surface area contributed by atoms with Gasteiger partial charge in [-0.05, 0) is 42.8 Å². The van der Waals surface area contributed by atoms with Crippen molar-refractivity contribution >= 4 is 44.1 Å². The van der Waals surface area contributed by atoms with Gasteiger partial charge in [0.25, 0.3) is 0 Å². The molecule has 1 aliphatic heterocycles. The maximum atomic E-state index is 13.3. The van der Waals surface area contributed by atoms with Gasteiger partial charge >= 0.3 is 0 Å². The molecule has 31 heavy (non-hydrogen) atoms. The molecule has 0 radical (unpaired) electrons. The van der Waals surface area contributed by atoms with Crippen molar-refractivity contribution in [3.05, 3.63) is 65.3 Å². The van der Waals surface area contributed by atoms with Crippen LogP contribution < -0.4 is 5.32 Å². The fraction of sp³-hybridized carbons (Fsp3) is 0.273. The zero-order valence-electron chi connectivity index (χ0n) is 17.1. The number of para-hydroxylation sites is 1. The number of benzene rings is 2. The Hall–Kier alpha value is -2.52. The van der Waals surface area contributed by atoms with Gasteiger partial charge in [-0.1, -0.05) is 29.8 Å². The summed E-state index contributed by atoms with van der Waals surface area (Å²) >= 11 is 5.94. The first-order valence-electron chi connectivity index (χ1n) is 9.96. The molecule has 0 unspecified atom stereocenters. The van der Waals surface area contributed by atoms with Crippen LogP contribution in [-0.2, 0) is 14.8 Å². The minimum absolute atomic E-state index is 0.160. The number of halogens is 1. The third-order valence-corrected chi connectivity index (χ3v) is 7.40. The fourth-order valence-electron chi connectivity index (χ4n) is 3.69. The summed E-state index contributed by atoms with van der Waals surface area (Å²) in [6.45, 7) is 3.69. The van der Waals surface area contributed by atoms with Gasteiger partial charge in [0, 0.05) is 48.5 Å². The smallest absolute Gasteiger partial charge is 0.245 e. The number of hydrogen-bond acceptors (Lipinski definition) is 5. The molecule has 0 aliphatic carbocycles. The minimum atomic E-state index is -3.68. The van der Waals surface area contributed by atoms with Crippen molar-refractivity contribution in [2.75, 3.05) is 38.0 Å². The van der Waals surface area contributed by atoms with Gasteiger partial charge in [-0.25, -0.2) is 8.42 Å². The Morgan fingerprint density at radius 1 is 1.10 bits per heavy atom. The van der Waals surface area contributed by atoms with Crippen molar-refractivity contribution in [1.82, 2.24) is 14.2 Å². The zero-order valence-corrected chi connectivity index (χ0v) is 18.7. The van der Waals surface area contributed by atoms with Gasteiger partial charge in [0.2, 0.25) is 15.9 Å². The van der Waals surface area contributed by atoms with Crippen LogP contribution in [0.4, 0.5) is 5.69 Å². The van der Waals surface area contributed by atoms with Gasteiger partial charge in [0.05, 0.1) is 12.1 Å².